The summed E-state index contributed by atoms with van der Waals surface area (Å²) in [5.74, 6) is -1.14. The lowest BCUT2D eigenvalue weighted by Crippen LogP contribution is -2.31. The number of hydrogen-bond donors (Lipinski definition) is 1. The van der Waals surface area contributed by atoms with Crippen molar-refractivity contribution in [3.63, 3.8) is 0 Å². The van der Waals surface area contributed by atoms with Gasteiger partial charge in [0.05, 0.1) is 16.7 Å². The van der Waals surface area contributed by atoms with Gasteiger partial charge in [0.2, 0.25) is 0 Å². The molecule has 8 heteroatoms. The number of ether oxygens (including phenoxy) is 1. The first kappa shape index (κ1) is 20.6. The Morgan fingerprint density at radius 1 is 1.03 bits per heavy atom. The molecule has 1 atom stereocenters. The molecule has 156 valence electrons. The van der Waals surface area contributed by atoms with Crippen molar-refractivity contribution in [2.45, 2.75) is 19.6 Å². The fourth-order valence-electron chi connectivity index (χ4n) is 3.38. The maximum absolute atomic E-state index is 12.8. The number of halogens is 1. The number of hydrogen-bond acceptors (Lipinski definition) is 5. The number of nitrogens with zero attached hydrogens (tertiary/aromatic N) is 2. The van der Waals surface area contributed by atoms with Crippen LogP contribution in [0.25, 0.3) is 21.8 Å². The molecule has 0 radical (unpaired) electrons. The zero-order valence-electron chi connectivity index (χ0n) is 16.5. The number of nitrogens with one attached hydrogen (secondary N) is 1. The van der Waals surface area contributed by atoms with E-state index < -0.39 is 18.0 Å². The number of carbonyl (C=O) groups excluding carboxylic acids is 2. The number of esters is 1. The third-order valence-corrected chi connectivity index (χ3v) is 5.16. The Bertz CT molecular complexity index is 1310. The molecule has 2 heterocycles. The minimum Gasteiger partial charge on any atom is -0.451 e. The van der Waals surface area contributed by atoms with Gasteiger partial charge in [-0.25, -0.2) is 4.98 Å². The predicted octanol–water partition coefficient (Wildman–Crippen LogP) is 3.77. The Labute approximate surface area is 182 Å². The molecule has 0 fully saturated rings. The first-order chi connectivity index (χ1) is 15.0. The van der Waals surface area contributed by atoms with Crippen LogP contribution in [0.15, 0.2) is 71.7 Å². The van der Waals surface area contributed by atoms with Crippen molar-refractivity contribution in [3.05, 3.63) is 82.2 Å². The predicted molar refractivity (Wildman–Crippen MR) is 119 cm³/mol. The number of rotatable bonds is 5. The zero-order chi connectivity index (χ0) is 22.0. The second kappa shape index (κ2) is 8.57. The third-order valence-electron chi connectivity index (χ3n) is 4.86. The van der Waals surface area contributed by atoms with Gasteiger partial charge in [-0.05, 0) is 43.3 Å². The van der Waals surface area contributed by atoms with Gasteiger partial charge in [0.15, 0.2) is 16.7 Å². The van der Waals surface area contributed by atoms with Gasteiger partial charge >= 0.3 is 5.97 Å². The Morgan fingerprint density at radius 3 is 2.26 bits per heavy atom. The van der Waals surface area contributed by atoms with E-state index >= 15 is 0 Å². The van der Waals surface area contributed by atoms with Crippen LogP contribution in [-0.4, -0.2) is 27.5 Å². The summed E-state index contributed by atoms with van der Waals surface area (Å²) >= 11 is 5.95. The minimum atomic E-state index is -1.05. The van der Waals surface area contributed by atoms with Crippen molar-refractivity contribution in [1.29, 1.82) is 0 Å². The highest BCUT2D eigenvalue weighted by Gasteiger charge is 2.20. The van der Waals surface area contributed by atoms with Crippen molar-refractivity contribution >= 4 is 51.0 Å². The summed E-state index contributed by atoms with van der Waals surface area (Å²) in [6.45, 7) is 1.31. The van der Waals surface area contributed by atoms with Crippen LogP contribution in [0.3, 0.4) is 0 Å². The van der Waals surface area contributed by atoms with Gasteiger partial charge in [0.25, 0.3) is 5.91 Å². The molecular formula is C23H18ClN3O4. The molecule has 1 unspecified atom stereocenters. The molecule has 0 bridgehead atoms. The molecule has 0 saturated heterocycles. The van der Waals surface area contributed by atoms with Crippen LogP contribution in [0.4, 0.5) is 5.69 Å². The van der Waals surface area contributed by atoms with E-state index in [0.29, 0.717) is 27.5 Å². The third kappa shape index (κ3) is 4.13. The first-order valence-corrected chi connectivity index (χ1v) is 9.94. The number of carbonyl (C=O) groups is 2. The van der Waals surface area contributed by atoms with Crippen LogP contribution in [0.2, 0.25) is 5.15 Å². The second-order valence-corrected chi connectivity index (χ2v) is 7.27. The van der Waals surface area contributed by atoms with Crippen LogP contribution in [0.1, 0.15) is 6.92 Å². The summed E-state index contributed by atoms with van der Waals surface area (Å²) in [5, 5.41) is 3.74. The number of fused-ring (bicyclic) bond motifs is 2. The van der Waals surface area contributed by atoms with E-state index in [1.54, 1.807) is 65.2 Å². The Balaban J connectivity index is 1.58. The molecule has 0 aliphatic carbocycles. The van der Waals surface area contributed by atoms with Crippen molar-refractivity contribution in [3.8, 4) is 0 Å². The molecule has 1 amide bonds. The van der Waals surface area contributed by atoms with Gasteiger partial charge in [0.1, 0.15) is 6.54 Å². The van der Waals surface area contributed by atoms with Gasteiger partial charge < -0.3 is 14.6 Å². The Kier molecular flexibility index (Phi) is 5.68. The highest BCUT2D eigenvalue weighted by atomic mass is 35.5. The largest absolute Gasteiger partial charge is 0.451 e. The van der Waals surface area contributed by atoms with Gasteiger partial charge in [0, 0.05) is 17.0 Å². The highest BCUT2D eigenvalue weighted by molar-refractivity contribution is 6.32. The lowest BCUT2D eigenvalue weighted by molar-refractivity contribution is -0.153. The Hall–Kier alpha value is -3.71. The van der Waals surface area contributed by atoms with E-state index in [2.05, 4.69) is 10.3 Å². The van der Waals surface area contributed by atoms with E-state index in [4.69, 9.17) is 16.3 Å². The van der Waals surface area contributed by atoms with E-state index in [9.17, 15) is 14.4 Å². The van der Waals surface area contributed by atoms with Crippen LogP contribution >= 0.6 is 11.6 Å². The molecule has 4 aromatic rings. The maximum atomic E-state index is 12.8. The van der Waals surface area contributed by atoms with Crippen molar-refractivity contribution in [2.24, 2.45) is 0 Å². The monoisotopic (exact) mass is 435 g/mol. The number of aromatic nitrogens is 2. The van der Waals surface area contributed by atoms with Crippen molar-refractivity contribution in [2.75, 3.05) is 5.32 Å². The number of amides is 1. The SMILES string of the molecule is CC(OC(=O)Cn1c2ccccc2c(=O)c2ccccc21)C(=O)Nc1cccnc1Cl. The fraction of sp³-hybridized carbons (Fsp3) is 0.130. The maximum Gasteiger partial charge on any atom is 0.326 e. The normalized spacial score (nSPS) is 11.9. The standard InChI is InChI=1S/C23H18ClN3O4/c1-14(23(30)26-17-9-6-12-25-22(17)24)31-20(28)13-27-18-10-4-2-7-15(18)21(29)16-8-3-5-11-19(16)27/h2-12,14H,13H2,1H3,(H,26,30). The summed E-state index contributed by atoms with van der Waals surface area (Å²) in [7, 11) is 0. The highest BCUT2D eigenvalue weighted by Crippen LogP contribution is 2.20. The van der Waals surface area contributed by atoms with Gasteiger partial charge in [-0.1, -0.05) is 35.9 Å². The van der Waals surface area contributed by atoms with Gasteiger partial charge in [-0.15, -0.1) is 0 Å². The first-order valence-electron chi connectivity index (χ1n) is 9.57. The molecule has 1 N–H and O–H groups in total. The summed E-state index contributed by atoms with van der Waals surface area (Å²) in [6.07, 6.45) is 0.446. The van der Waals surface area contributed by atoms with Crippen LogP contribution < -0.4 is 10.7 Å². The Morgan fingerprint density at radius 2 is 1.65 bits per heavy atom. The topological polar surface area (TPSA) is 90.3 Å². The van der Waals surface area contributed by atoms with Crippen LogP contribution in [0, 0.1) is 0 Å². The summed E-state index contributed by atoms with van der Waals surface area (Å²) in [5.41, 5.74) is 1.45. The quantitative estimate of drug-likeness (QED) is 0.293. The average Bonchev–Trinajstić information content (AvgIpc) is 2.78. The summed E-state index contributed by atoms with van der Waals surface area (Å²) in [4.78, 5) is 41.8. The van der Waals surface area contributed by atoms with Crippen LogP contribution in [0.5, 0.6) is 0 Å². The van der Waals surface area contributed by atoms with Crippen LogP contribution in [-0.2, 0) is 20.9 Å². The van der Waals surface area contributed by atoms with E-state index in [1.165, 1.54) is 13.1 Å². The molecule has 31 heavy (non-hydrogen) atoms. The molecule has 4 rings (SSSR count). The number of benzene rings is 2. The van der Waals surface area contributed by atoms with Crippen molar-refractivity contribution < 1.29 is 14.3 Å². The molecule has 0 spiro atoms. The van der Waals surface area contributed by atoms with Gasteiger partial charge in [-0.2, -0.15) is 0 Å². The molecule has 0 saturated carbocycles. The number of anilines is 1. The fourth-order valence-corrected chi connectivity index (χ4v) is 3.54. The average molecular weight is 436 g/mol. The lowest BCUT2D eigenvalue weighted by atomic mass is 10.1. The van der Waals surface area contributed by atoms with Crippen molar-refractivity contribution in [1.82, 2.24) is 9.55 Å². The smallest absolute Gasteiger partial charge is 0.326 e. The number of pyridine rings is 2. The van der Waals surface area contributed by atoms with Gasteiger partial charge in [-0.3, -0.25) is 14.4 Å². The van der Waals surface area contributed by atoms with E-state index in [-0.39, 0.29) is 17.1 Å². The van der Waals surface area contributed by atoms with E-state index in [0.717, 1.165) is 0 Å². The minimum absolute atomic E-state index is 0.100. The molecule has 7 nitrogen and oxygen atoms in total. The molecule has 0 aliphatic rings. The lowest BCUT2D eigenvalue weighted by Gasteiger charge is -2.17. The molecular weight excluding hydrogens is 418 g/mol. The molecule has 2 aromatic heterocycles. The zero-order valence-corrected chi connectivity index (χ0v) is 17.3. The van der Waals surface area contributed by atoms with E-state index in [1.807, 2.05) is 0 Å². The summed E-state index contributed by atoms with van der Waals surface area (Å²) in [6, 6.07) is 17.4. The molecule has 2 aromatic carbocycles. The number of para-hydroxylation sites is 2. The summed E-state index contributed by atoms with van der Waals surface area (Å²) < 4.78 is 7.06. The second-order valence-electron chi connectivity index (χ2n) is 6.91. The molecule has 0 aliphatic heterocycles.